The van der Waals surface area contributed by atoms with Gasteiger partial charge in [0, 0.05) is 6.42 Å². The highest BCUT2D eigenvalue weighted by atomic mass is 16.5. The molecule has 0 aromatic carbocycles. The number of amides is 1. The molecule has 2 atom stereocenters. The van der Waals surface area contributed by atoms with Crippen LogP contribution in [0.3, 0.4) is 0 Å². The molecule has 1 saturated heterocycles. The molecule has 21 heavy (non-hydrogen) atoms. The minimum Gasteiger partial charge on any atom is -0.464 e. The first kappa shape index (κ1) is 18.0. The molecule has 0 aliphatic carbocycles. The fourth-order valence-corrected chi connectivity index (χ4v) is 2.53. The Morgan fingerprint density at radius 3 is 2.57 bits per heavy atom. The third-order valence-corrected chi connectivity index (χ3v) is 3.83. The molecule has 0 spiro atoms. The van der Waals surface area contributed by atoms with E-state index in [-0.39, 0.29) is 18.3 Å². The summed E-state index contributed by atoms with van der Waals surface area (Å²) in [7, 11) is 0. The van der Waals surface area contributed by atoms with Gasteiger partial charge in [0.2, 0.25) is 5.91 Å². The van der Waals surface area contributed by atoms with Crippen molar-refractivity contribution in [2.45, 2.75) is 83.3 Å². The average Bonchev–Trinajstić information content (AvgIpc) is 2.83. The van der Waals surface area contributed by atoms with E-state index in [0.717, 1.165) is 12.8 Å². The van der Waals surface area contributed by atoms with Crippen LogP contribution in [0.25, 0.3) is 0 Å². The molecule has 122 valence electrons. The molecule has 5 heteroatoms. The first-order valence-corrected chi connectivity index (χ1v) is 8.27. The van der Waals surface area contributed by atoms with Crippen LogP contribution in [0.5, 0.6) is 0 Å². The number of esters is 1. The molecule has 0 unspecified atom stereocenters. The van der Waals surface area contributed by atoms with Gasteiger partial charge in [-0.05, 0) is 6.42 Å². The van der Waals surface area contributed by atoms with Crippen molar-refractivity contribution in [1.29, 1.82) is 0 Å². The zero-order chi connectivity index (χ0) is 15.5. The van der Waals surface area contributed by atoms with Crippen molar-refractivity contribution in [3.05, 3.63) is 0 Å². The monoisotopic (exact) mass is 299 g/mol. The third-order valence-electron chi connectivity index (χ3n) is 3.83. The van der Waals surface area contributed by atoms with E-state index in [2.05, 4.69) is 12.2 Å². The van der Waals surface area contributed by atoms with Crippen molar-refractivity contribution < 1.29 is 19.4 Å². The number of nitrogens with one attached hydrogen (secondary N) is 1. The van der Waals surface area contributed by atoms with Crippen LogP contribution in [0.15, 0.2) is 0 Å². The minimum absolute atomic E-state index is 0.0691. The van der Waals surface area contributed by atoms with E-state index in [0.29, 0.717) is 19.4 Å². The predicted octanol–water partition coefficient (Wildman–Crippen LogP) is 2.31. The van der Waals surface area contributed by atoms with Gasteiger partial charge in [-0.15, -0.1) is 0 Å². The summed E-state index contributed by atoms with van der Waals surface area (Å²) in [6.45, 7) is 2.57. The van der Waals surface area contributed by atoms with Crippen LogP contribution in [0.4, 0.5) is 0 Å². The second-order valence-corrected chi connectivity index (χ2v) is 5.84. The molecule has 0 aromatic heterocycles. The molecule has 1 heterocycles. The maximum Gasteiger partial charge on any atom is 0.328 e. The number of ether oxygens (including phenoxy) is 1. The van der Waals surface area contributed by atoms with Gasteiger partial charge in [-0.25, -0.2) is 4.79 Å². The number of aliphatic hydroxyl groups is 1. The van der Waals surface area contributed by atoms with Gasteiger partial charge in [0.1, 0.15) is 6.04 Å². The molecule has 0 saturated carbocycles. The van der Waals surface area contributed by atoms with Crippen molar-refractivity contribution in [3.8, 4) is 0 Å². The first-order valence-electron chi connectivity index (χ1n) is 8.27. The summed E-state index contributed by atoms with van der Waals surface area (Å²) < 4.78 is 4.77. The molecular formula is C16H29NO4. The average molecular weight is 299 g/mol. The van der Waals surface area contributed by atoms with E-state index >= 15 is 0 Å². The molecule has 1 rings (SSSR count). The molecule has 1 amide bonds. The molecule has 2 N–H and O–H groups in total. The molecule has 5 nitrogen and oxygen atoms in total. The van der Waals surface area contributed by atoms with E-state index < -0.39 is 12.1 Å². The van der Waals surface area contributed by atoms with Crippen LogP contribution >= 0.6 is 0 Å². The smallest absolute Gasteiger partial charge is 0.328 e. The Kier molecular flexibility index (Phi) is 9.06. The van der Waals surface area contributed by atoms with Crippen LogP contribution in [0.1, 0.15) is 71.1 Å². The molecule has 0 radical (unpaired) electrons. The fraction of sp³-hybridized carbons (Fsp3) is 0.875. The largest absolute Gasteiger partial charge is 0.464 e. The summed E-state index contributed by atoms with van der Waals surface area (Å²) >= 11 is 0. The molecule has 0 aromatic rings. The fourth-order valence-electron chi connectivity index (χ4n) is 2.53. The van der Waals surface area contributed by atoms with Gasteiger partial charge < -0.3 is 15.2 Å². The highest BCUT2D eigenvalue weighted by molar-refractivity contribution is 5.85. The standard InChI is InChI=1S/C16H29NO4/c1-2-3-4-5-6-7-8-9-13(18)12-15(19)17-14-10-11-21-16(14)20/h13-14,18H,2-12H2,1H3,(H,17,19)/t13-,14+/m1/s1. The van der Waals surface area contributed by atoms with Crippen LogP contribution in [-0.4, -0.2) is 35.7 Å². The Morgan fingerprint density at radius 1 is 1.29 bits per heavy atom. The van der Waals surface area contributed by atoms with Crippen molar-refractivity contribution in [3.63, 3.8) is 0 Å². The number of carbonyl (C=O) groups excluding carboxylic acids is 2. The lowest BCUT2D eigenvalue weighted by Crippen LogP contribution is -2.39. The Morgan fingerprint density at radius 2 is 1.95 bits per heavy atom. The van der Waals surface area contributed by atoms with Gasteiger partial charge in [-0.3, -0.25) is 4.79 Å². The summed E-state index contributed by atoms with van der Waals surface area (Å²) in [6, 6.07) is -0.525. The highest BCUT2D eigenvalue weighted by Crippen LogP contribution is 2.12. The molecule has 1 aliphatic rings. The van der Waals surface area contributed by atoms with E-state index in [1.54, 1.807) is 0 Å². The number of rotatable bonds is 11. The summed E-state index contributed by atoms with van der Waals surface area (Å²) in [5, 5.41) is 12.4. The SMILES string of the molecule is CCCCCCCCC[C@@H](O)CC(=O)N[C@H]1CCOC1=O. The van der Waals surface area contributed by atoms with Gasteiger partial charge in [0.25, 0.3) is 0 Å². The number of hydrogen-bond acceptors (Lipinski definition) is 4. The number of unbranched alkanes of at least 4 members (excludes halogenated alkanes) is 6. The third kappa shape index (κ3) is 8.05. The van der Waals surface area contributed by atoms with Crippen molar-refractivity contribution in [1.82, 2.24) is 5.32 Å². The highest BCUT2D eigenvalue weighted by Gasteiger charge is 2.28. The summed E-state index contributed by atoms with van der Waals surface area (Å²) in [5.41, 5.74) is 0. The summed E-state index contributed by atoms with van der Waals surface area (Å²) in [5.74, 6) is -0.640. The lowest BCUT2D eigenvalue weighted by atomic mass is 10.0. The summed E-state index contributed by atoms with van der Waals surface area (Å²) in [4.78, 5) is 22.9. The zero-order valence-corrected chi connectivity index (χ0v) is 13.1. The van der Waals surface area contributed by atoms with Crippen LogP contribution < -0.4 is 5.32 Å². The van der Waals surface area contributed by atoms with Gasteiger partial charge >= 0.3 is 5.97 Å². The Hall–Kier alpha value is -1.10. The normalized spacial score (nSPS) is 19.3. The van der Waals surface area contributed by atoms with Crippen LogP contribution in [0.2, 0.25) is 0 Å². The van der Waals surface area contributed by atoms with Gasteiger partial charge in [0.15, 0.2) is 0 Å². The lowest BCUT2D eigenvalue weighted by molar-refractivity contribution is -0.141. The van der Waals surface area contributed by atoms with Gasteiger partial charge in [-0.2, -0.15) is 0 Å². The zero-order valence-electron chi connectivity index (χ0n) is 13.1. The molecule has 1 fully saturated rings. The van der Waals surface area contributed by atoms with Gasteiger partial charge in [0.05, 0.1) is 19.1 Å². The number of carbonyl (C=O) groups is 2. The van der Waals surface area contributed by atoms with Crippen molar-refractivity contribution >= 4 is 11.9 Å². The topological polar surface area (TPSA) is 75.6 Å². The molecular weight excluding hydrogens is 270 g/mol. The van der Waals surface area contributed by atoms with Crippen LogP contribution in [0, 0.1) is 0 Å². The molecule has 0 bridgehead atoms. The van der Waals surface area contributed by atoms with E-state index in [1.807, 2.05) is 0 Å². The number of hydrogen-bond donors (Lipinski definition) is 2. The minimum atomic E-state index is -0.613. The quantitative estimate of drug-likeness (QED) is 0.453. The van der Waals surface area contributed by atoms with E-state index in [1.165, 1.54) is 32.1 Å². The molecule has 1 aliphatic heterocycles. The maximum atomic E-state index is 11.7. The maximum absolute atomic E-state index is 11.7. The predicted molar refractivity (Wildman–Crippen MR) is 80.7 cm³/mol. The van der Waals surface area contributed by atoms with E-state index in [4.69, 9.17) is 4.74 Å². The Labute approximate surface area is 127 Å². The second kappa shape index (κ2) is 10.6. The van der Waals surface area contributed by atoms with E-state index in [9.17, 15) is 14.7 Å². The van der Waals surface area contributed by atoms with Gasteiger partial charge in [-0.1, -0.05) is 51.9 Å². The first-order chi connectivity index (χ1) is 10.1. The van der Waals surface area contributed by atoms with Crippen molar-refractivity contribution in [2.75, 3.05) is 6.61 Å². The Bertz CT molecular complexity index is 319. The van der Waals surface area contributed by atoms with Crippen LogP contribution in [-0.2, 0) is 14.3 Å². The van der Waals surface area contributed by atoms with Crippen molar-refractivity contribution in [2.24, 2.45) is 0 Å². The second-order valence-electron chi connectivity index (χ2n) is 5.84. The lowest BCUT2D eigenvalue weighted by Gasteiger charge is -2.12. The Balaban J connectivity index is 2.00. The number of aliphatic hydroxyl groups excluding tert-OH is 1. The summed E-state index contributed by atoms with van der Waals surface area (Å²) in [6.07, 6.45) is 8.99. The number of cyclic esters (lactones) is 1.